The zero-order valence-electron chi connectivity index (χ0n) is 12.9. The van der Waals surface area contributed by atoms with E-state index in [0.29, 0.717) is 6.04 Å². The molecule has 1 aromatic carbocycles. The highest BCUT2D eigenvalue weighted by Crippen LogP contribution is 2.20. The van der Waals surface area contributed by atoms with Gasteiger partial charge in [0.05, 0.1) is 18.5 Å². The summed E-state index contributed by atoms with van der Waals surface area (Å²) < 4.78 is 7.25. The molecule has 2 aromatic rings. The topological polar surface area (TPSA) is 30.3 Å². The highest BCUT2D eigenvalue weighted by atomic mass is 35.5. The third-order valence-electron chi connectivity index (χ3n) is 4.20. The fourth-order valence-corrected chi connectivity index (χ4v) is 3.27. The second kappa shape index (κ2) is 7.27. The number of methoxy groups -OCH3 is 1. The standard InChI is InChI=1S/C17H22ClN3O/c1-22-13-17-6-2-3-8-20(17)11-14-10-19-21(12-14)16-7-4-5-15(18)9-16/h4-5,7,9-10,12,17H,2-3,6,8,11,13H2,1H3/t17-/m1/s1. The molecule has 0 aliphatic carbocycles. The zero-order chi connectivity index (χ0) is 15.4. The summed E-state index contributed by atoms with van der Waals surface area (Å²) in [6.45, 7) is 2.87. The molecule has 0 radical (unpaired) electrons. The van der Waals surface area contributed by atoms with Crippen molar-refractivity contribution in [3.8, 4) is 5.69 Å². The van der Waals surface area contributed by atoms with Crippen LogP contribution in [0.1, 0.15) is 24.8 Å². The minimum atomic E-state index is 0.522. The predicted octanol–water partition coefficient (Wildman–Crippen LogP) is 3.53. The van der Waals surface area contributed by atoms with Crippen molar-refractivity contribution in [2.24, 2.45) is 0 Å². The van der Waals surface area contributed by atoms with Gasteiger partial charge in [-0.3, -0.25) is 4.90 Å². The fraction of sp³-hybridized carbons (Fsp3) is 0.471. The predicted molar refractivity (Wildman–Crippen MR) is 88.5 cm³/mol. The van der Waals surface area contributed by atoms with Crippen LogP contribution in [0.25, 0.3) is 5.69 Å². The Balaban J connectivity index is 1.71. The number of hydrogen-bond acceptors (Lipinski definition) is 3. The van der Waals surface area contributed by atoms with E-state index >= 15 is 0 Å². The summed E-state index contributed by atoms with van der Waals surface area (Å²) >= 11 is 6.05. The molecule has 1 aliphatic rings. The molecule has 4 nitrogen and oxygen atoms in total. The molecular formula is C17H22ClN3O. The van der Waals surface area contributed by atoms with Crippen molar-refractivity contribution in [1.29, 1.82) is 0 Å². The van der Waals surface area contributed by atoms with Crippen LogP contribution in [0.3, 0.4) is 0 Å². The first-order valence-electron chi connectivity index (χ1n) is 7.79. The summed E-state index contributed by atoms with van der Waals surface area (Å²) in [5.41, 5.74) is 2.22. The number of halogens is 1. The summed E-state index contributed by atoms with van der Waals surface area (Å²) in [5, 5.41) is 5.19. The molecule has 1 aliphatic heterocycles. The molecule has 1 saturated heterocycles. The summed E-state index contributed by atoms with van der Waals surface area (Å²) in [6, 6.07) is 8.27. The number of piperidine rings is 1. The van der Waals surface area contributed by atoms with Crippen LogP contribution in [0, 0.1) is 0 Å². The zero-order valence-corrected chi connectivity index (χ0v) is 13.7. The first-order valence-corrected chi connectivity index (χ1v) is 8.16. The first-order chi connectivity index (χ1) is 10.8. The molecule has 0 unspecified atom stereocenters. The molecule has 0 amide bonds. The lowest BCUT2D eigenvalue weighted by Crippen LogP contribution is -2.41. The average Bonchev–Trinajstić information content (AvgIpc) is 2.98. The summed E-state index contributed by atoms with van der Waals surface area (Å²) in [4.78, 5) is 2.51. The SMILES string of the molecule is COC[C@H]1CCCCN1Cc1cnn(-c2cccc(Cl)c2)c1. The highest BCUT2D eigenvalue weighted by Gasteiger charge is 2.22. The lowest BCUT2D eigenvalue weighted by atomic mass is 10.0. The molecule has 5 heteroatoms. The van der Waals surface area contributed by atoms with Gasteiger partial charge in [-0.1, -0.05) is 24.1 Å². The molecule has 0 N–H and O–H groups in total. The molecule has 1 atom stereocenters. The van der Waals surface area contributed by atoms with Gasteiger partial charge in [0.2, 0.25) is 0 Å². The number of rotatable bonds is 5. The van der Waals surface area contributed by atoms with Gasteiger partial charge >= 0.3 is 0 Å². The monoisotopic (exact) mass is 319 g/mol. The van der Waals surface area contributed by atoms with Gasteiger partial charge in [0, 0.05) is 36.5 Å². The van der Waals surface area contributed by atoms with Crippen LogP contribution in [0.5, 0.6) is 0 Å². The van der Waals surface area contributed by atoms with E-state index in [0.717, 1.165) is 30.4 Å². The van der Waals surface area contributed by atoms with E-state index < -0.39 is 0 Å². The van der Waals surface area contributed by atoms with Crippen molar-refractivity contribution in [3.63, 3.8) is 0 Å². The Morgan fingerprint density at radius 2 is 2.27 bits per heavy atom. The lowest BCUT2D eigenvalue weighted by molar-refractivity contribution is 0.0600. The molecule has 22 heavy (non-hydrogen) atoms. The Bertz CT molecular complexity index is 611. The third kappa shape index (κ3) is 3.69. The van der Waals surface area contributed by atoms with Gasteiger partial charge in [-0.05, 0) is 37.6 Å². The summed E-state index contributed by atoms with van der Waals surface area (Å²) in [7, 11) is 1.78. The van der Waals surface area contributed by atoms with E-state index in [1.54, 1.807) is 7.11 Å². The number of likely N-dealkylation sites (tertiary alicyclic amines) is 1. The second-order valence-corrected chi connectivity index (χ2v) is 6.28. The number of nitrogens with zero attached hydrogens (tertiary/aromatic N) is 3. The van der Waals surface area contributed by atoms with E-state index in [1.165, 1.54) is 24.8 Å². The summed E-state index contributed by atoms with van der Waals surface area (Å²) in [6.07, 6.45) is 7.81. The highest BCUT2D eigenvalue weighted by molar-refractivity contribution is 6.30. The van der Waals surface area contributed by atoms with Crippen LogP contribution in [-0.2, 0) is 11.3 Å². The van der Waals surface area contributed by atoms with Crippen molar-refractivity contribution in [1.82, 2.24) is 14.7 Å². The maximum Gasteiger partial charge on any atom is 0.0660 e. The van der Waals surface area contributed by atoms with Crippen LogP contribution in [0.2, 0.25) is 5.02 Å². The maximum absolute atomic E-state index is 6.05. The van der Waals surface area contributed by atoms with Crippen molar-refractivity contribution in [2.75, 3.05) is 20.3 Å². The molecule has 2 heterocycles. The van der Waals surface area contributed by atoms with Crippen molar-refractivity contribution < 1.29 is 4.74 Å². The lowest BCUT2D eigenvalue weighted by Gasteiger charge is -2.34. The minimum Gasteiger partial charge on any atom is -0.383 e. The van der Waals surface area contributed by atoms with Crippen LogP contribution >= 0.6 is 11.6 Å². The fourth-order valence-electron chi connectivity index (χ4n) is 3.09. The van der Waals surface area contributed by atoms with E-state index in [4.69, 9.17) is 16.3 Å². The van der Waals surface area contributed by atoms with Crippen LogP contribution < -0.4 is 0 Å². The van der Waals surface area contributed by atoms with Gasteiger partial charge in [-0.2, -0.15) is 5.10 Å². The number of aromatic nitrogens is 2. The van der Waals surface area contributed by atoms with E-state index in [9.17, 15) is 0 Å². The Morgan fingerprint density at radius 3 is 3.09 bits per heavy atom. The largest absolute Gasteiger partial charge is 0.383 e. The Kier molecular flexibility index (Phi) is 5.13. The van der Waals surface area contributed by atoms with E-state index in [2.05, 4.69) is 16.2 Å². The van der Waals surface area contributed by atoms with Gasteiger partial charge in [0.1, 0.15) is 0 Å². The van der Waals surface area contributed by atoms with Crippen molar-refractivity contribution >= 4 is 11.6 Å². The quantitative estimate of drug-likeness (QED) is 0.844. The Morgan fingerprint density at radius 1 is 1.36 bits per heavy atom. The van der Waals surface area contributed by atoms with Gasteiger partial charge in [-0.25, -0.2) is 4.68 Å². The number of ether oxygens (including phenoxy) is 1. The number of benzene rings is 1. The maximum atomic E-state index is 6.05. The third-order valence-corrected chi connectivity index (χ3v) is 4.44. The molecule has 0 spiro atoms. The van der Waals surface area contributed by atoms with Gasteiger partial charge in [0.15, 0.2) is 0 Å². The second-order valence-electron chi connectivity index (χ2n) is 5.85. The van der Waals surface area contributed by atoms with Gasteiger partial charge in [-0.15, -0.1) is 0 Å². The molecule has 1 aromatic heterocycles. The van der Waals surface area contributed by atoms with E-state index in [1.807, 2.05) is 35.1 Å². The average molecular weight is 320 g/mol. The van der Waals surface area contributed by atoms with Gasteiger partial charge in [0.25, 0.3) is 0 Å². The molecule has 1 fully saturated rings. The molecular weight excluding hydrogens is 298 g/mol. The van der Waals surface area contributed by atoms with Gasteiger partial charge < -0.3 is 4.74 Å². The summed E-state index contributed by atoms with van der Waals surface area (Å²) in [5.74, 6) is 0. The molecule has 0 bridgehead atoms. The molecule has 3 rings (SSSR count). The van der Waals surface area contributed by atoms with Crippen molar-refractivity contribution in [3.05, 3.63) is 47.2 Å². The minimum absolute atomic E-state index is 0.522. The first kappa shape index (κ1) is 15.5. The molecule has 0 saturated carbocycles. The van der Waals surface area contributed by atoms with Crippen molar-refractivity contribution in [2.45, 2.75) is 31.8 Å². The van der Waals surface area contributed by atoms with Crippen LogP contribution in [0.4, 0.5) is 0 Å². The van der Waals surface area contributed by atoms with Crippen LogP contribution in [0.15, 0.2) is 36.7 Å². The number of hydrogen-bond donors (Lipinski definition) is 0. The Labute approximate surface area is 136 Å². The smallest absolute Gasteiger partial charge is 0.0660 e. The van der Waals surface area contributed by atoms with Crippen LogP contribution in [-0.4, -0.2) is 41.0 Å². The normalized spacial score (nSPS) is 19.5. The van der Waals surface area contributed by atoms with E-state index in [-0.39, 0.29) is 0 Å². The molecule has 118 valence electrons. The Hall–Kier alpha value is -1.36.